The lowest BCUT2D eigenvalue weighted by Gasteiger charge is -2.04. The minimum Gasteiger partial charge on any atom is -0.376 e. The van der Waals surface area contributed by atoms with Gasteiger partial charge >= 0.3 is 0 Å². The molecule has 2 aromatic carbocycles. The maximum absolute atomic E-state index is 13.0. The Morgan fingerprint density at radius 1 is 0.778 bits per heavy atom. The molecule has 0 saturated heterocycles. The van der Waals surface area contributed by atoms with Gasteiger partial charge in [0.25, 0.3) is 0 Å². The van der Waals surface area contributed by atoms with E-state index >= 15 is 0 Å². The molecule has 3 heteroatoms. The van der Waals surface area contributed by atoms with Crippen molar-refractivity contribution in [3.63, 3.8) is 0 Å². The van der Waals surface area contributed by atoms with Gasteiger partial charge in [-0.05, 0) is 60.2 Å². The summed E-state index contributed by atoms with van der Waals surface area (Å²) in [6.45, 7) is 0. The minimum atomic E-state index is -1.05. The third-order valence-electron chi connectivity index (χ3n) is 3.55. The molecular formula is C24H14FNO. The van der Waals surface area contributed by atoms with Gasteiger partial charge in [0.1, 0.15) is 17.6 Å². The summed E-state index contributed by atoms with van der Waals surface area (Å²) in [5.74, 6) is 16.5. The fraction of sp³-hybridized carbons (Fsp3) is 0.0417. The largest absolute Gasteiger partial charge is 0.376 e. The molecule has 0 radical (unpaired) electrons. The monoisotopic (exact) mass is 351 g/mol. The molecule has 1 atom stereocenters. The van der Waals surface area contributed by atoms with Gasteiger partial charge in [-0.25, -0.2) is 9.37 Å². The Morgan fingerprint density at radius 2 is 1.52 bits per heavy atom. The molecular weight excluding hydrogens is 337 g/mol. The number of halogens is 1. The molecule has 0 saturated carbocycles. The summed E-state index contributed by atoms with van der Waals surface area (Å²) in [5.41, 5.74) is 2.43. The molecule has 1 heterocycles. The maximum atomic E-state index is 13.0. The smallest absolute Gasteiger partial charge is 0.143 e. The van der Waals surface area contributed by atoms with E-state index < -0.39 is 6.10 Å². The van der Waals surface area contributed by atoms with Crippen molar-refractivity contribution in [1.29, 1.82) is 0 Å². The van der Waals surface area contributed by atoms with Crippen molar-refractivity contribution < 1.29 is 9.50 Å². The molecule has 0 fully saturated rings. The molecule has 0 bridgehead atoms. The Kier molecular flexibility index (Phi) is 6.00. The Hall–Kier alpha value is -3.84. The second kappa shape index (κ2) is 9.02. The van der Waals surface area contributed by atoms with Crippen LogP contribution < -0.4 is 0 Å². The third kappa shape index (κ3) is 5.32. The average Bonchev–Trinajstić information content (AvgIpc) is 2.71. The first-order chi connectivity index (χ1) is 13.2. The van der Waals surface area contributed by atoms with Crippen LogP contribution in [-0.2, 0) is 0 Å². The van der Waals surface area contributed by atoms with Gasteiger partial charge in [-0.3, -0.25) is 0 Å². The molecule has 1 N–H and O–H groups in total. The van der Waals surface area contributed by atoms with E-state index in [1.165, 1.54) is 12.1 Å². The molecule has 0 spiro atoms. The van der Waals surface area contributed by atoms with Crippen LogP contribution in [0.15, 0.2) is 72.9 Å². The number of hydrogen-bond donors (Lipinski definition) is 1. The summed E-state index contributed by atoms with van der Waals surface area (Å²) < 4.78 is 13.0. The molecule has 2 nitrogen and oxygen atoms in total. The SMILES string of the molecule is OC(C#CC#Cc1ccccc1)c1cccnc1C#Cc1ccc(F)cc1. The second-order valence-corrected chi connectivity index (χ2v) is 5.49. The molecule has 0 aliphatic rings. The highest BCUT2D eigenvalue weighted by atomic mass is 19.1. The predicted molar refractivity (Wildman–Crippen MR) is 103 cm³/mol. The first-order valence-corrected chi connectivity index (χ1v) is 8.19. The van der Waals surface area contributed by atoms with E-state index in [4.69, 9.17) is 0 Å². The molecule has 0 amide bonds. The molecule has 128 valence electrons. The molecule has 3 aromatic rings. The number of rotatable bonds is 1. The first-order valence-electron chi connectivity index (χ1n) is 8.19. The van der Waals surface area contributed by atoms with Crippen LogP contribution in [0.25, 0.3) is 0 Å². The van der Waals surface area contributed by atoms with E-state index in [1.54, 1.807) is 30.5 Å². The number of nitrogens with zero attached hydrogens (tertiary/aromatic N) is 1. The fourth-order valence-corrected chi connectivity index (χ4v) is 2.21. The van der Waals surface area contributed by atoms with Crippen molar-refractivity contribution in [2.45, 2.75) is 6.10 Å². The van der Waals surface area contributed by atoms with Crippen molar-refractivity contribution in [2.24, 2.45) is 0 Å². The zero-order valence-electron chi connectivity index (χ0n) is 14.3. The highest BCUT2D eigenvalue weighted by Crippen LogP contribution is 2.14. The molecule has 1 unspecified atom stereocenters. The van der Waals surface area contributed by atoms with Crippen LogP contribution in [-0.4, -0.2) is 10.1 Å². The average molecular weight is 351 g/mol. The highest BCUT2D eigenvalue weighted by Gasteiger charge is 2.08. The van der Waals surface area contributed by atoms with Gasteiger partial charge in [0.2, 0.25) is 0 Å². The van der Waals surface area contributed by atoms with E-state index in [9.17, 15) is 9.50 Å². The number of benzene rings is 2. The zero-order valence-corrected chi connectivity index (χ0v) is 14.3. The molecule has 0 aliphatic heterocycles. The highest BCUT2D eigenvalue weighted by molar-refractivity contribution is 5.46. The summed E-state index contributed by atoms with van der Waals surface area (Å²) in [5, 5.41) is 10.3. The first kappa shape index (κ1) is 18.0. The number of pyridine rings is 1. The normalized spacial score (nSPS) is 10.3. The van der Waals surface area contributed by atoms with Crippen molar-refractivity contribution in [3.8, 4) is 35.5 Å². The van der Waals surface area contributed by atoms with Crippen LogP contribution in [0, 0.1) is 41.3 Å². The minimum absolute atomic E-state index is 0.318. The lowest BCUT2D eigenvalue weighted by molar-refractivity contribution is 0.237. The molecule has 1 aromatic heterocycles. The summed E-state index contributed by atoms with van der Waals surface area (Å²) >= 11 is 0. The number of aliphatic hydroxyl groups is 1. The van der Waals surface area contributed by atoms with E-state index in [-0.39, 0.29) is 5.82 Å². The van der Waals surface area contributed by atoms with Crippen LogP contribution in [0.5, 0.6) is 0 Å². The van der Waals surface area contributed by atoms with Crippen LogP contribution in [0.4, 0.5) is 4.39 Å². The van der Waals surface area contributed by atoms with E-state index in [2.05, 4.69) is 40.5 Å². The van der Waals surface area contributed by atoms with Crippen LogP contribution in [0.3, 0.4) is 0 Å². The van der Waals surface area contributed by atoms with Crippen molar-refractivity contribution >= 4 is 0 Å². The van der Waals surface area contributed by atoms with E-state index in [1.807, 2.05) is 30.3 Å². The Morgan fingerprint density at radius 3 is 2.30 bits per heavy atom. The van der Waals surface area contributed by atoms with Crippen LogP contribution in [0.2, 0.25) is 0 Å². The summed E-state index contributed by atoms with van der Waals surface area (Å²) in [6, 6.07) is 18.7. The van der Waals surface area contributed by atoms with Gasteiger partial charge in [0, 0.05) is 22.9 Å². The molecule has 3 rings (SSSR count). The Bertz CT molecular complexity index is 1100. The van der Waals surface area contributed by atoms with E-state index in [0.717, 1.165) is 5.56 Å². The number of aliphatic hydroxyl groups excluding tert-OH is 1. The second-order valence-electron chi connectivity index (χ2n) is 5.49. The van der Waals surface area contributed by atoms with E-state index in [0.29, 0.717) is 16.8 Å². The van der Waals surface area contributed by atoms with Crippen LogP contribution in [0.1, 0.15) is 28.5 Å². The number of hydrogen-bond acceptors (Lipinski definition) is 2. The zero-order chi connectivity index (χ0) is 18.9. The topological polar surface area (TPSA) is 33.1 Å². The van der Waals surface area contributed by atoms with Crippen molar-refractivity contribution in [2.75, 3.05) is 0 Å². The Labute approximate surface area is 157 Å². The summed E-state index contributed by atoms with van der Waals surface area (Å²) in [6.07, 6.45) is 0.536. The Balaban J connectivity index is 1.79. The molecule has 0 aliphatic carbocycles. The molecule has 27 heavy (non-hydrogen) atoms. The predicted octanol–water partition coefficient (Wildman–Crippen LogP) is 3.71. The summed E-state index contributed by atoms with van der Waals surface area (Å²) in [4.78, 5) is 4.20. The van der Waals surface area contributed by atoms with Gasteiger partial charge in [0.05, 0.1) is 0 Å². The number of aromatic nitrogens is 1. The maximum Gasteiger partial charge on any atom is 0.143 e. The lowest BCUT2D eigenvalue weighted by atomic mass is 10.1. The van der Waals surface area contributed by atoms with Gasteiger partial charge < -0.3 is 5.11 Å². The van der Waals surface area contributed by atoms with Gasteiger partial charge in [-0.1, -0.05) is 42.0 Å². The third-order valence-corrected chi connectivity index (χ3v) is 3.55. The van der Waals surface area contributed by atoms with Gasteiger partial charge in [-0.2, -0.15) is 0 Å². The quantitative estimate of drug-likeness (QED) is 0.678. The lowest BCUT2D eigenvalue weighted by Crippen LogP contribution is -1.99. The van der Waals surface area contributed by atoms with Crippen molar-refractivity contribution in [3.05, 3.63) is 101 Å². The fourth-order valence-electron chi connectivity index (χ4n) is 2.21. The van der Waals surface area contributed by atoms with Gasteiger partial charge in [0.15, 0.2) is 0 Å². The van der Waals surface area contributed by atoms with Crippen LogP contribution >= 0.6 is 0 Å². The standard InChI is InChI=1S/C24H14FNO/c25-21-15-12-20(13-16-21)14-17-23-22(10-6-18-26-23)24(27)11-5-4-9-19-7-2-1-3-8-19/h1-3,6-8,10,12-13,15-16,18,24,27H. The summed E-state index contributed by atoms with van der Waals surface area (Å²) in [7, 11) is 0. The van der Waals surface area contributed by atoms with Gasteiger partial charge in [-0.15, -0.1) is 0 Å². The van der Waals surface area contributed by atoms with Crippen molar-refractivity contribution in [1.82, 2.24) is 4.98 Å².